The minimum atomic E-state index is -0.502. The number of carbonyl (C=O) groups is 3. The number of nitrogens with zero attached hydrogens (tertiary/aromatic N) is 4. The van der Waals surface area contributed by atoms with Crippen molar-refractivity contribution in [3.8, 4) is 5.75 Å². The molecule has 1 saturated heterocycles. The van der Waals surface area contributed by atoms with Gasteiger partial charge in [0.2, 0.25) is 22.9 Å². The van der Waals surface area contributed by atoms with Crippen molar-refractivity contribution in [2.45, 2.75) is 10.8 Å². The zero-order chi connectivity index (χ0) is 22.5. The largest absolute Gasteiger partial charge is 0.497 e. The molecule has 1 aromatic carbocycles. The van der Waals surface area contributed by atoms with E-state index in [1.54, 1.807) is 47.9 Å². The number of hydrogen-bond donors (Lipinski definition) is 2. The van der Waals surface area contributed by atoms with Gasteiger partial charge in [0.1, 0.15) is 5.75 Å². The van der Waals surface area contributed by atoms with Crippen molar-refractivity contribution in [1.29, 1.82) is 0 Å². The van der Waals surface area contributed by atoms with Crippen LogP contribution in [0.2, 0.25) is 0 Å². The molecule has 1 aliphatic rings. The molecule has 13 heteroatoms. The van der Waals surface area contributed by atoms with E-state index in [9.17, 15) is 14.4 Å². The molecule has 3 aromatic rings. The van der Waals surface area contributed by atoms with E-state index in [-0.39, 0.29) is 36.4 Å². The van der Waals surface area contributed by atoms with Crippen LogP contribution in [0.3, 0.4) is 0 Å². The molecule has 32 heavy (non-hydrogen) atoms. The van der Waals surface area contributed by atoms with Gasteiger partial charge in [0.15, 0.2) is 9.47 Å². The summed E-state index contributed by atoms with van der Waals surface area (Å²) in [7, 11) is 1.56. The van der Waals surface area contributed by atoms with Gasteiger partial charge >= 0.3 is 0 Å². The van der Waals surface area contributed by atoms with Crippen molar-refractivity contribution >= 4 is 68.1 Å². The Morgan fingerprint density at radius 1 is 1.28 bits per heavy atom. The molecule has 0 bridgehead atoms. The second-order valence-electron chi connectivity index (χ2n) is 6.64. The van der Waals surface area contributed by atoms with Crippen LogP contribution in [0.1, 0.15) is 6.42 Å². The normalized spacial score (nSPS) is 15.6. The summed E-state index contributed by atoms with van der Waals surface area (Å²) in [6.07, 6.45) is 1.72. The zero-order valence-corrected chi connectivity index (χ0v) is 19.3. The molecule has 1 aliphatic heterocycles. The van der Waals surface area contributed by atoms with Gasteiger partial charge < -0.3 is 20.3 Å². The van der Waals surface area contributed by atoms with Crippen molar-refractivity contribution < 1.29 is 19.1 Å². The Labute approximate surface area is 195 Å². The predicted molar refractivity (Wildman–Crippen MR) is 123 cm³/mol. The average Bonchev–Trinajstić information content (AvgIpc) is 3.54. The first-order valence-corrected chi connectivity index (χ1v) is 12.1. The van der Waals surface area contributed by atoms with E-state index < -0.39 is 5.92 Å². The lowest BCUT2D eigenvalue weighted by Gasteiger charge is -2.17. The Bertz CT molecular complexity index is 1120. The van der Waals surface area contributed by atoms with Gasteiger partial charge in [0.25, 0.3) is 0 Å². The first-order chi connectivity index (χ1) is 15.5. The lowest BCUT2D eigenvalue weighted by Crippen LogP contribution is -2.28. The highest BCUT2D eigenvalue weighted by Crippen LogP contribution is 2.30. The Balaban J connectivity index is 1.29. The van der Waals surface area contributed by atoms with E-state index in [1.807, 2.05) is 0 Å². The van der Waals surface area contributed by atoms with E-state index >= 15 is 0 Å². The first-order valence-electron chi connectivity index (χ1n) is 9.43. The molecule has 166 valence electrons. The van der Waals surface area contributed by atoms with E-state index in [1.165, 1.54) is 34.4 Å². The van der Waals surface area contributed by atoms with Crippen molar-refractivity contribution in [2.75, 3.05) is 34.9 Å². The molecule has 0 saturated carbocycles. The highest BCUT2D eigenvalue weighted by molar-refractivity contribution is 8.01. The summed E-state index contributed by atoms with van der Waals surface area (Å²) in [4.78, 5) is 42.6. The lowest BCUT2D eigenvalue weighted by molar-refractivity contribution is -0.122. The number of amides is 3. The third-order valence-corrected chi connectivity index (χ3v) is 7.16. The molecule has 0 radical (unpaired) electrons. The van der Waals surface area contributed by atoms with E-state index in [0.29, 0.717) is 26.0 Å². The fourth-order valence-corrected chi connectivity index (χ4v) is 5.10. The average molecular weight is 491 g/mol. The molecule has 4 rings (SSSR count). The van der Waals surface area contributed by atoms with Gasteiger partial charge in [-0.25, -0.2) is 4.98 Å². The molecule has 1 fully saturated rings. The van der Waals surface area contributed by atoms with Crippen LogP contribution in [0, 0.1) is 5.92 Å². The summed E-state index contributed by atoms with van der Waals surface area (Å²) < 4.78 is 5.76. The van der Waals surface area contributed by atoms with Crippen LogP contribution in [-0.4, -0.2) is 52.3 Å². The number of carbonyl (C=O) groups excluding carboxylic acids is 3. The van der Waals surface area contributed by atoms with Crippen molar-refractivity contribution in [3.05, 3.63) is 35.8 Å². The van der Waals surface area contributed by atoms with Gasteiger partial charge in [0.05, 0.1) is 18.8 Å². The van der Waals surface area contributed by atoms with Crippen LogP contribution in [0.25, 0.3) is 0 Å². The quantitative estimate of drug-likeness (QED) is 0.365. The minimum absolute atomic E-state index is 0.111. The molecule has 0 spiro atoms. The van der Waals surface area contributed by atoms with Crippen molar-refractivity contribution in [2.24, 2.45) is 5.92 Å². The summed E-state index contributed by atoms with van der Waals surface area (Å²) >= 11 is 3.73. The first kappa shape index (κ1) is 22.2. The molecule has 2 N–H and O–H groups in total. The number of benzene rings is 1. The summed E-state index contributed by atoms with van der Waals surface area (Å²) in [5, 5.41) is 16.0. The molecule has 10 nitrogen and oxygen atoms in total. The standard InChI is InChI=1S/C19H18N6O4S3/c1-29-13-4-2-3-12(8-13)25-9-11(7-15(25)27)16(28)22-18-23-24-19(32-18)31-10-14(26)21-17-20-5-6-30-17/h2-6,8,11H,7,9-10H2,1H3,(H,20,21,26)(H,22,23,28)/t11-/m0/s1. The Hall–Kier alpha value is -3.03. The van der Waals surface area contributed by atoms with E-state index in [0.717, 1.165) is 0 Å². The fourth-order valence-electron chi connectivity index (χ4n) is 3.00. The number of thiazole rings is 1. The third kappa shape index (κ3) is 5.41. The SMILES string of the molecule is COc1cccc(N2C[C@@H](C(=O)Nc3nnc(SCC(=O)Nc4nccs4)s3)CC2=O)c1. The van der Waals surface area contributed by atoms with Crippen LogP contribution in [0.4, 0.5) is 16.0 Å². The highest BCUT2D eigenvalue weighted by atomic mass is 32.2. The number of thioether (sulfide) groups is 1. The number of anilines is 3. The van der Waals surface area contributed by atoms with Crippen molar-refractivity contribution in [3.63, 3.8) is 0 Å². The predicted octanol–water partition coefficient (Wildman–Crippen LogP) is 2.73. The van der Waals surface area contributed by atoms with Crippen LogP contribution in [0.5, 0.6) is 5.75 Å². The second kappa shape index (κ2) is 10.1. The molecule has 3 amide bonds. The van der Waals surface area contributed by atoms with Gasteiger partial charge in [-0.3, -0.25) is 14.4 Å². The summed E-state index contributed by atoms with van der Waals surface area (Å²) in [6.45, 7) is 0.273. The van der Waals surface area contributed by atoms with E-state index in [2.05, 4.69) is 25.8 Å². The number of methoxy groups -OCH3 is 1. The maximum Gasteiger partial charge on any atom is 0.236 e. The van der Waals surface area contributed by atoms with E-state index in [4.69, 9.17) is 4.74 Å². The summed E-state index contributed by atoms with van der Waals surface area (Å²) in [5.41, 5.74) is 0.690. The third-order valence-electron chi connectivity index (χ3n) is 4.50. The number of rotatable bonds is 8. The number of nitrogens with one attached hydrogen (secondary N) is 2. The Morgan fingerprint density at radius 2 is 2.16 bits per heavy atom. The molecular weight excluding hydrogens is 472 g/mol. The Morgan fingerprint density at radius 3 is 2.94 bits per heavy atom. The topological polar surface area (TPSA) is 126 Å². The maximum atomic E-state index is 12.7. The monoisotopic (exact) mass is 490 g/mol. The molecule has 3 heterocycles. The van der Waals surface area contributed by atoms with Crippen LogP contribution in [-0.2, 0) is 14.4 Å². The van der Waals surface area contributed by atoms with Gasteiger partial charge in [-0.1, -0.05) is 29.2 Å². The number of hydrogen-bond acceptors (Lipinski definition) is 10. The lowest BCUT2D eigenvalue weighted by atomic mass is 10.1. The number of ether oxygens (including phenoxy) is 1. The van der Waals surface area contributed by atoms with Crippen molar-refractivity contribution in [1.82, 2.24) is 15.2 Å². The highest BCUT2D eigenvalue weighted by Gasteiger charge is 2.35. The molecule has 1 atom stereocenters. The number of aromatic nitrogens is 3. The molecule has 2 aromatic heterocycles. The van der Waals surface area contributed by atoms with Crippen LogP contribution >= 0.6 is 34.4 Å². The van der Waals surface area contributed by atoms with Crippen LogP contribution < -0.4 is 20.3 Å². The molecular formula is C19H18N6O4S3. The minimum Gasteiger partial charge on any atom is -0.497 e. The Kier molecular flexibility index (Phi) is 6.97. The second-order valence-corrected chi connectivity index (χ2v) is 9.74. The fraction of sp³-hybridized carbons (Fsp3) is 0.263. The van der Waals surface area contributed by atoms with Gasteiger partial charge in [-0.05, 0) is 12.1 Å². The molecule has 0 unspecified atom stereocenters. The summed E-state index contributed by atoms with van der Waals surface area (Å²) in [6, 6.07) is 7.16. The maximum absolute atomic E-state index is 12.7. The van der Waals surface area contributed by atoms with Gasteiger partial charge in [0, 0.05) is 36.3 Å². The smallest absolute Gasteiger partial charge is 0.236 e. The summed E-state index contributed by atoms with van der Waals surface area (Å²) in [5.74, 6) is -0.335. The van der Waals surface area contributed by atoms with Crippen LogP contribution in [0.15, 0.2) is 40.2 Å². The molecule has 0 aliphatic carbocycles. The van der Waals surface area contributed by atoms with Gasteiger partial charge in [-0.2, -0.15) is 0 Å². The van der Waals surface area contributed by atoms with Gasteiger partial charge in [-0.15, -0.1) is 21.5 Å². The zero-order valence-electron chi connectivity index (χ0n) is 16.8.